The third-order valence-electron chi connectivity index (χ3n) is 13.3. The van der Waals surface area contributed by atoms with Gasteiger partial charge in [-0.1, -0.05) is 81.3 Å². The lowest BCUT2D eigenvalue weighted by Gasteiger charge is -2.38. The highest BCUT2D eigenvalue weighted by atomic mass is 16.7. The summed E-state index contributed by atoms with van der Waals surface area (Å²) in [7, 11) is 1.44. The van der Waals surface area contributed by atoms with Crippen molar-refractivity contribution in [1.82, 2.24) is 5.32 Å². The number of aliphatic hydroxyl groups excluding tert-OH is 3. The van der Waals surface area contributed by atoms with E-state index in [2.05, 4.69) is 5.32 Å². The molecule has 3 heterocycles. The molecule has 1 aliphatic carbocycles. The minimum absolute atomic E-state index is 0.0245. The van der Waals surface area contributed by atoms with Crippen LogP contribution in [-0.2, 0) is 33.3 Å². The average Bonchev–Trinajstić information content (AvgIpc) is 3.57. The summed E-state index contributed by atoms with van der Waals surface area (Å²) < 4.78 is 30.4. The van der Waals surface area contributed by atoms with Crippen LogP contribution in [0.2, 0.25) is 0 Å². The number of amides is 2. The number of phenolic OH excluding ortho intramolecular Hbond substituents is 1. The highest BCUT2D eigenvalue weighted by Crippen LogP contribution is 2.53. The van der Waals surface area contributed by atoms with Crippen molar-refractivity contribution in [1.29, 1.82) is 0 Å². The molecule has 0 fully saturated rings. The maximum absolute atomic E-state index is 14.8. The Bertz CT molecular complexity index is 2480. The molecule has 3 aromatic carbocycles. The number of hydrogen-bond donors (Lipinski definition) is 5. The van der Waals surface area contributed by atoms with Gasteiger partial charge in [0, 0.05) is 79.1 Å². The van der Waals surface area contributed by atoms with Crippen molar-refractivity contribution in [2.75, 3.05) is 18.6 Å². The summed E-state index contributed by atoms with van der Waals surface area (Å²) in [4.78, 5) is 57.0. The van der Waals surface area contributed by atoms with Gasteiger partial charge < -0.3 is 49.4 Å². The van der Waals surface area contributed by atoms with Crippen molar-refractivity contribution < 1.29 is 63.3 Å². The average molecular weight is 937 g/mol. The van der Waals surface area contributed by atoms with Crippen molar-refractivity contribution in [3.8, 4) is 11.5 Å². The molecule has 0 aromatic heterocycles. The number of allylic oxidation sites excluding steroid dienone is 2. The highest BCUT2D eigenvalue weighted by molar-refractivity contribution is 6.10. The van der Waals surface area contributed by atoms with Crippen LogP contribution < -0.4 is 15.0 Å². The van der Waals surface area contributed by atoms with Crippen LogP contribution in [0.3, 0.4) is 0 Å². The Labute approximate surface area is 397 Å². The molecule has 0 radical (unpaired) electrons. The first-order valence-electron chi connectivity index (χ1n) is 22.8. The van der Waals surface area contributed by atoms with Gasteiger partial charge in [-0.15, -0.1) is 0 Å². The van der Waals surface area contributed by atoms with Crippen LogP contribution >= 0.6 is 0 Å². The molecule has 364 valence electrons. The minimum atomic E-state index is -2.04. The third-order valence-corrected chi connectivity index (χ3v) is 13.3. The maximum Gasteiger partial charge on any atom is 0.312 e. The van der Waals surface area contributed by atoms with Crippen molar-refractivity contribution in [3.05, 3.63) is 124 Å². The van der Waals surface area contributed by atoms with E-state index in [1.165, 1.54) is 51.2 Å². The zero-order valence-corrected chi connectivity index (χ0v) is 40.5. The van der Waals surface area contributed by atoms with Crippen LogP contribution in [0.15, 0.2) is 90.4 Å². The van der Waals surface area contributed by atoms with Crippen molar-refractivity contribution >= 4 is 40.7 Å². The van der Waals surface area contributed by atoms with Crippen molar-refractivity contribution in [3.63, 3.8) is 0 Å². The number of carbonyl (C=O) groups is 4. The predicted octanol–water partition coefficient (Wildman–Crippen LogP) is 8.04. The number of phenols is 1. The van der Waals surface area contributed by atoms with E-state index in [0.717, 1.165) is 11.1 Å². The molecule has 7 rings (SSSR count). The standard InChI is InChI=1S/C53H64N2O13/c1-27-15-19-36(20-16-27)55(37-21-17-28(2)18-22-37)41(57)26-65-40-25-38-48(61)43-42(40)44-50(34(8)47(43)60)68-53(10,51(44)62)66-24-23-39(64-11)31(5)49(67-35(9)56)33(7)46(59)32(6)45(58)29(3)13-12-14-30(4)52(63)54-38/h12-24,29,31-33,39-40,45-46,49,58-61H,25-26H2,1-11H3,(H,54,63)/b13-12-,24-23-,30-14-. The lowest BCUT2D eigenvalue weighted by Crippen LogP contribution is -2.46. The van der Waals surface area contributed by atoms with Crippen LogP contribution in [0.1, 0.15) is 99.2 Å². The number of methoxy groups -OCH3 is 1. The number of nitrogens with one attached hydrogen (secondary N) is 1. The second-order valence-corrected chi connectivity index (χ2v) is 18.4. The molecule has 15 nitrogen and oxygen atoms in total. The summed E-state index contributed by atoms with van der Waals surface area (Å²) in [6.07, 6.45) is 2.14. The van der Waals surface area contributed by atoms with E-state index in [4.69, 9.17) is 23.7 Å². The maximum atomic E-state index is 14.8. The first-order valence-corrected chi connectivity index (χ1v) is 22.8. The summed E-state index contributed by atoms with van der Waals surface area (Å²) in [5, 5.41) is 49.6. The summed E-state index contributed by atoms with van der Waals surface area (Å²) >= 11 is 0. The lowest BCUT2D eigenvalue weighted by molar-refractivity contribution is -0.160. The van der Waals surface area contributed by atoms with Gasteiger partial charge in [-0.25, -0.2) is 0 Å². The number of hydrogen-bond acceptors (Lipinski definition) is 13. The normalized spacial score (nSPS) is 29.5. The van der Waals surface area contributed by atoms with Gasteiger partial charge in [-0.3, -0.25) is 24.1 Å². The van der Waals surface area contributed by atoms with Gasteiger partial charge in [-0.05, 0) is 58.0 Å². The fourth-order valence-electron chi connectivity index (χ4n) is 9.11. The fraction of sp³-hybridized carbons (Fsp3) is 0.434. The van der Waals surface area contributed by atoms with Crippen molar-refractivity contribution in [2.24, 2.45) is 23.7 Å². The van der Waals surface area contributed by atoms with E-state index in [9.17, 15) is 39.6 Å². The molecular formula is C53H64N2O13. The molecule has 68 heavy (non-hydrogen) atoms. The summed E-state index contributed by atoms with van der Waals surface area (Å²) in [5.74, 6) is -7.96. The number of aryl methyl sites for hydroxylation is 2. The Hall–Kier alpha value is -6.26. The molecule has 0 saturated heterocycles. The predicted molar refractivity (Wildman–Crippen MR) is 255 cm³/mol. The number of benzene rings is 3. The second kappa shape index (κ2) is 20.9. The number of fused-ring (bicyclic) bond motifs is 14. The van der Waals surface area contributed by atoms with E-state index < -0.39 is 102 Å². The lowest BCUT2D eigenvalue weighted by atomic mass is 9.78. The van der Waals surface area contributed by atoms with E-state index in [1.54, 1.807) is 46.8 Å². The van der Waals surface area contributed by atoms with Crippen LogP contribution in [0.5, 0.6) is 11.5 Å². The van der Waals surface area contributed by atoms with E-state index >= 15 is 0 Å². The SMILES string of the molecule is COC1/C=C\OC2(C)Oc3c(C)c(O)c4c(c3C2=O)C(OCC(=O)N(c2ccc(C)cc2)c2ccc(C)cc2)CC(=C4O)NC(=O)/C(C)=C\C=C/C(C)C(O)C(C)C(O)C(C)C(OC(C)=O)C1C. The van der Waals surface area contributed by atoms with Gasteiger partial charge in [-0.2, -0.15) is 0 Å². The molecular weight excluding hydrogens is 873 g/mol. The van der Waals surface area contributed by atoms with Gasteiger partial charge in [0.1, 0.15) is 30.0 Å². The van der Waals surface area contributed by atoms with Crippen LogP contribution in [0, 0.1) is 44.4 Å². The summed E-state index contributed by atoms with van der Waals surface area (Å²) in [6.45, 7) is 16.0. The first-order chi connectivity index (χ1) is 32.1. The Balaban J connectivity index is 1.46. The van der Waals surface area contributed by atoms with Crippen molar-refractivity contribution in [2.45, 2.75) is 112 Å². The third kappa shape index (κ3) is 10.4. The van der Waals surface area contributed by atoms with E-state index in [-0.39, 0.29) is 45.7 Å². The molecule has 0 spiro atoms. The smallest absolute Gasteiger partial charge is 0.312 e. The molecule has 0 saturated carbocycles. The molecule has 2 amide bonds. The Morgan fingerprint density at radius 2 is 1.46 bits per heavy atom. The number of aromatic hydroxyl groups is 1. The number of nitrogens with zero attached hydrogens (tertiary/aromatic N) is 1. The van der Waals surface area contributed by atoms with Crippen LogP contribution in [0.4, 0.5) is 11.4 Å². The number of anilines is 2. The minimum Gasteiger partial charge on any atom is -0.507 e. The van der Waals surface area contributed by atoms with Gasteiger partial charge in [0.25, 0.3) is 17.6 Å². The number of Topliss-reactive ketones (excluding diaryl/α,β-unsaturated/α-hetero) is 1. The number of carbonyl (C=O) groups excluding carboxylic acids is 4. The number of ketones is 1. The molecule has 15 heteroatoms. The number of rotatable bonds is 7. The zero-order valence-electron chi connectivity index (χ0n) is 40.5. The van der Waals surface area contributed by atoms with Gasteiger partial charge in [0.2, 0.25) is 0 Å². The molecule has 3 aromatic rings. The molecule has 10 unspecified atom stereocenters. The summed E-state index contributed by atoms with van der Waals surface area (Å²) in [5.41, 5.74) is 3.14. The molecule has 4 aliphatic rings. The summed E-state index contributed by atoms with van der Waals surface area (Å²) in [6, 6.07) is 14.8. The molecule has 10 atom stereocenters. The Kier molecular flexibility index (Phi) is 15.7. The second-order valence-electron chi connectivity index (χ2n) is 18.4. The largest absolute Gasteiger partial charge is 0.507 e. The quantitative estimate of drug-likeness (QED) is 0.142. The highest BCUT2D eigenvalue weighted by Gasteiger charge is 2.52. The fourth-order valence-corrected chi connectivity index (χ4v) is 9.11. The van der Waals surface area contributed by atoms with Gasteiger partial charge in [0.05, 0.1) is 47.5 Å². The number of aliphatic hydroxyl groups is 3. The monoisotopic (exact) mass is 936 g/mol. The number of ether oxygens (including phenoxy) is 5. The molecule has 5 bridgehead atoms. The van der Waals surface area contributed by atoms with Crippen LogP contribution in [0.25, 0.3) is 5.76 Å². The van der Waals surface area contributed by atoms with Gasteiger partial charge in [0.15, 0.2) is 0 Å². The topological polar surface area (TPSA) is 211 Å². The Morgan fingerprint density at radius 1 is 0.853 bits per heavy atom. The zero-order chi connectivity index (χ0) is 49.9. The van der Waals surface area contributed by atoms with E-state index in [1.807, 2.05) is 62.4 Å². The molecule has 5 N–H and O–H groups in total. The van der Waals surface area contributed by atoms with Gasteiger partial charge >= 0.3 is 11.8 Å². The van der Waals surface area contributed by atoms with Crippen LogP contribution in [-0.4, -0.2) is 87.9 Å². The number of esters is 1. The first kappa shape index (κ1) is 51.1. The molecule has 3 aliphatic heterocycles. The van der Waals surface area contributed by atoms with E-state index in [0.29, 0.717) is 11.4 Å². The Morgan fingerprint density at radius 3 is 2.03 bits per heavy atom.